The fourth-order valence-corrected chi connectivity index (χ4v) is 2.51. The van der Waals surface area contributed by atoms with E-state index in [1.165, 1.54) is 0 Å². The Labute approximate surface area is 110 Å². The van der Waals surface area contributed by atoms with Crippen LogP contribution in [0.3, 0.4) is 0 Å². The van der Waals surface area contributed by atoms with Crippen LogP contribution in [0, 0.1) is 0 Å². The Kier molecular flexibility index (Phi) is 3.60. The molecule has 2 rings (SSSR count). The smallest absolute Gasteiger partial charge is 0.138 e. The first-order valence-electron chi connectivity index (χ1n) is 5.38. The van der Waals surface area contributed by atoms with Crippen molar-refractivity contribution < 1.29 is 4.74 Å². The van der Waals surface area contributed by atoms with Crippen molar-refractivity contribution in [3.8, 4) is 16.2 Å². The summed E-state index contributed by atoms with van der Waals surface area (Å²) in [5.41, 5.74) is 6.77. The van der Waals surface area contributed by atoms with Crippen molar-refractivity contribution in [2.24, 2.45) is 0 Å². The first-order chi connectivity index (χ1) is 8.06. The number of hydrogen-bond acceptors (Lipinski definition) is 3. The summed E-state index contributed by atoms with van der Waals surface area (Å²) in [5, 5.41) is 1.43. The van der Waals surface area contributed by atoms with Crippen molar-refractivity contribution in [2.45, 2.75) is 20.0 Å². The zero-order valence-corrected chi connectivity index (χ0v) is 11.3. The van der Waals surface area contributed by atoms with E-state index in [0.29, 0.717) is 5.02 Å². The fourth-order valence-electron chi connectivity index (χ4n) is 1.51. The van der Waals surface area contributed by atoms with Crippen LogP contribution in [-0.2, 0) is 0 Å². The number of rotatable bonds is 3. The van der Waals surface area contributed by atoms with E-state index in [2.05, 4.69) is 0 Å². The van der Waals surface area contributed by atoms with Crippen LogP contribution in [0.5, 0.6) is 5.75 Å². The quantitative estimate of drug-likeness (QED) is 0.892. The summed E-state index contributed by atoms with van der Waals surface area (Å²) in [6.45, 7) is 3.95. The van der Waals surface area contributed by atoms with Crippen LogP contribution in [0.25, 0.3) is 10.4 Å². The SMILES string of the molecule is CC(C)Oc1ccc(-c2ccc(N)s2)cc1Cl. The highest BCUT2D eigenvalue weighted by atomic mass is 35.5. The lowest BCUT2D eigenvalue weighted by molar-refractivity contribution is 0.242. The molecule has 0 fully saturated rings. The Hall–Kier alpha value is -1.19. The molecule has 0 spiro atoms. The molecular weight excluding hydrogens is 254 g/mol. The summed E-state index contributed by atoms with van der Waals surface area (Å²) >= 11 is 7.73. The average Bonchev–Trinajstić information content (AvgIpc) is 2.67. The molecule has 0 aliphatic carbocycles. The standard InChI is InChI=1S/C13H14ClNOS/c1-8(2)16-11-4-3-9(7-10(11)14)12-5-6-13(15)17-12/h3-8H,15H2,1-2H3. The maximum Gasteiger partial charge on any atom is 0.138 e. The van der Waals surface area contributed by atoms with Crippen LogP contribution < -0.4 is 10.5 Å². The first kappa shape index (κ1) is 12.3. The first-order valence-corrected chi connectivity index (χ1v) is 6.57. The minimum Gasteiger partial charge on any atom is -0.489 e. The highest BCUT2D eigenvalue weighted by molar-refractivity contribution is 7.19. The third-order valence-corrected chi connectivity index (χ3v) is 3.46. The Morgan fingerprint density at radius 1 is 1.24 bits per heavy atom. The van der Waals surface area contributed by atoms with Crippen LogP contribution in [-0.4, -0.2) is 6.10 Å². The van der Waals surface area contributed by atoms with E-state index in [1.54, 1.807) is 11.3 Å². The van der Waals surface area contributed by atoms with Crippen molar-refractivity contribution in [3.05, 3.63) is 35.4 Å². The molecule has 0 aliphatic heterocycles. The molecule has 0 aliphatic rings. The van der Waals surface area contributed by atoms with E-state index in [4.69, 9.17) is 22.1 Å². The largest absolute Gasteiger partial charge is 0.489 e. The summed E-state index contributed by atoms with van der Waals surface area (Å²) < 4.78 is 5.59. The molecule has 2 nitrogen and oxygen atoms in total. The van der Waals surface area contributed by atoms with Crippen LogP contribution >= 0.6 is 22.9 Å². The molecule has 0 amide bonds. The minimum absolute atomic E-state index is 0.121. The molecule has 17 heavy (non-hydrogen) atoms. The molecule has 2 N–H and O–H groups in total. The lowest BCUT2D eigenvalue weighted by Gasteiger charge is -2.11. The van der Waals surface area contributed by atoms with Crippen molar-refractivity contribution >= 4 is 27.9 Å². The Morgan fingerprint density at radius 3 is 2.53 bits per heavy atom. The maximum absolute atomic E-state index is 6.18. The zero-order valence-electron chi connectivity index (χ0n) is 9.74. The van der Waals surface area contributed by atoms with Crippen LogP contribution in [0.1, 0.15) is 13.8 Å². The van der Waals surface area contributed by atoms with Gasteiger partial charge in [-0.25, -0.2) is 0 Å². The lowest BCUT2D eigenvalue weighted by atomic mass is 10.2. The molecule has 1 aromatic heterocycles. The molecule has 0 atom stereocenters. The summed E-state index contributed by atoms with van der Waals surface area (Å²) in [4.78, 5) is 1.11. The molecule has 1 heterocycles. The van der Waals surface area contributed by atoms with Gasteiger partial charge in [-0.3, -0.25) is 0 Å². The fraction of sp³-hybridized carbons (Fsp3) is 0.231. The van der Waals surface area contributed by atoms with Crippen molar-refractivity contribution in [1.82, 2.24) is 0 Å². The van der Waals surface area contributed by atoms with Gasteiger partial charge in [-0.05, 0) is 49.7 Å². The number of ether oxygens (including phenoxy) is 1. The maximum atomic E-state index is 6.18. The third-order valence-electron chi connectivity index (χ3n) is 2.21. The number of hydrogen-bond donors (Lipinski definition) is 1. The van der Waals surface area contributed by atoms with Gasteiger partial charge in [-0.1, -0.05) is 11.6 Å². The second kappa shape index (κ2) is 4.98. The van der Waals surface area contributed by atoms with E-state index in [1.807, 2.05) is 44.2 Å². The normalized spacial score (nSPS) is 10.8. The average molecular weight is 268 g/mol. The summed E-state index contributed by atoms with van der Waals surface area (Å²) in [6, 6.07) is 9.69. The van der Waals surface area contributed by atoms with Gasteiger partial charge in [-0.15, -0.1) is 11.3 Å². The second-order valence-corrected chi connectivity index (χ2v) is 5.54. The number of halogens is 1. The number of nitrogens with two attached hydrogens (primary N) is 1. The Morgan fingerprint density at radius 2 is 2.00 bits per heavy atom. The van der Waals surface area contributed by atoms with Gasteiger partial charge in [0.15, 0.2) is 0 Å². The van der Waals surface area contributed by atoms with Gasteiger partial charge in [0.25, 0.3) is 0 Å². The number of thiophene rings is 1. The van der Waals surface area contributed by atoms with E-state index >= 15 is 0 Å². The predicted octanol–water partition coefficient (Wildman–Crippen LogP) is 4.44. The predicted molar refractivity (Wildman–Crippen MR) is 74.9 cm³/mol. The lowest BCUT2D eigenvalue weighted by Crippen LogP contribution is -2.05. The number of nitrogen functional groups attached to an aromatic ring is 1. The number of anilines is 1. The van der Waals surface area contributed by atoms with Crippen LogP contribution in [0.2, 0.25) is 5.02 Å². The molecule has 2 aromatic rings. The van der Waals surface area contributed by atoms with Gasteiger partial charge >= 0.3 is 0 Å². The van der Waals surface area contributed by atoms with Gasteiger partial charge in [-0.2, -0.15) is 0 Å². The Balaban J connectivity index is 2.30. The van der Waals surface area contributed by atoms with E-state index < -0.39 is 0 Å². The second-order valence-electron chi connectivity index (χ2n) is 4.01. The van der Waals surface area contributed by atoms with Crippen molar-refractivity contribution in [3.63, 3.8) is 0 Å². The molecule has 0 saturated heterocycles. The third kappa shape index (κ3) is 2.93. The molecule has 0 unspecified atom stereocenters. The summed E-state index contributed by atoms with van der Waals surface area (Å²) in [7, 11) is 0. The van der Waals surface area contributed by atoms with Gasteiger partial charge in [0.1, 0.15) is 5.75 Å². The summed E-state index contributed by atoms with van der Waals surface area (Å²) in [5.74, 6) is 0.718. The Bertz CT molecular complexity index is 522. The summed E-state index contributed by atoms with van der Waals surface area (Å²) in [6.07, 6.45) is 0.121. The van der Waals surface area contributed by atoms with Crippen molar-refractivity contribution in [1.29, 1.82) is 0 Å². The molecule has 1 aromatic carbocycles. The number of benzene rings is 1. The van der Waals surface area contributed by atoms with Gasteiger partial charge < -0.3 is 10.5 Å². The van der Waals surface area contributed by atoms with Gasteiger partial charge in [0.2, 0.25) is 0 Å². The molecule has 4 heteroatoms. The highest BCUT2D eigenvalue weighted by Crippen LogP contribution is 2.34. The van der Waals surface area contributed by atoms with Crippen LogP contribution in [0.4, 0.5) is 5.00 Å². The molecule has 0 saturated carbocycles. The van der Waals surface area contributed by atoms with Gasteiger partial charge in [0.05, 0.1) is 16.1 Å². The molecule has 0 radical (unpaired) electrons. The molecular formula is C13H14ClNOS. The molecule has 90 valence electrons. The van der Waals surface area contributed by atoms with E-state index in [0.717, 1.165) is 21.2 Å². The van der Waals surface area contributed by atoms with E-state index in [-0.39, 0.29) is 6.10 Å². The highest BCUT2D eigenvalue weighted by Gasteiger charge is 2.07. The monoisotopic (exact) mass is 267 g/mol. The van der Waals surface area contributed by atoms with Gasteiger partial charge in [0, 0.05) is 4.88 Å². The zero-order chi connectivity index (χ0) is 12.4. The van der Waals surface area contributed by atoms with E-state index in [9.17, 15) is 0 Å². The van der Waals surface area contributed by atoms with Crippen LogP contribution in [0.15, 0.2) is 30.3 Å². The molecule has 0 bridgehead atoms. The minimum atomic E-state index is 0.121. The van der Waals surface area contributed by atoms with Crippen molar-refractivity contribution in [2.75, 3.05) is 5.73 Å². The topological polar surface area (TPSA) is 35.2 Å².